The number of hydrogen-bond donors (Lipinski definition) is 3. The summed E-state index contributed by atoms with van der Waals surface area (Å²) in [5.41, 5.74) is 8.41. The number of amides is 1. The summed E-state index contributed by atoms with van der Waals surface area (Å²) in [6, 6.07) is 9.86. The van der Waals surface area contributed by atoms with E-state index >= 15 is 0 Å². The van der Waals surface area contributed by atoms with Crippen molar-refractivity contribution in [2.75, 3.05) is 51.7 Å². The zero-order chi connectivity index (χ0) is 27.5. The van der Waals surface area contributed by atoms with Crippen LogP contribution in [0.5, 0.6) is 5.75 Å². The Morgan fingerprint density at radius 1 is 1.21 bits per heavy atom. The number of fused-ring (bicyclic) bond motifs is 1. The number of nitrogens with zero attached hydrogens (tertiary/aromatic N) is 5. The summed E-state index contributed by atoms with van der Waals surface area (Å²) >= 11 is 6.54. The molecule has 4 N–H and O–H groups in total. The maximum absolute atomic E-state index is 14.3. The molecule has 2 aromatic heterocycles. The molecule has 204 valence electrons. The van der Waals surface area contributed by atoms with Crippen LogP contribution in [-0.4, -0.2) is 87.7 Å². The fourth-order valence-corrected chi connectivity index (χ4v) is 4.89. The van der Waals surface area contributed by atoms with E-state index in [0.29, 0.717) is 71.7 Å². The third kappa shape index (κ3) is 5.66. The Morgan fingerprint density at radius 3 is 2.69 bits per heavy atom. The number of nitrogens with two attached hydrogens (primary N) is 1. The largest absolute Gasteiger partial charge is 0.494 e. The fourth-order valence-electron chi connectivity index (χ4n) is 4.63. The van der Waals surface area contributed by atoms with Gasteiger partial charge in [-0.05, 0) is 36.4 Å². The van der Waals surface area contributed by atoms with Crippen LogP contribution >= 0.6 is 11.6 Å². The summed E-state index contributed by atoms with van der Waals surface area (Å²) in [5.74, 6) is 0.0352. The SMILES string of the molecule is COc1ccc(-c2cnc3c(Nc4ccc(C(=O)N5CCN(CC(O)CN)CC5)c(Cl)c4)nccn23)cc1F. The Bertz CT molecular complexity index is 1490. The number of imidazole rings is 1. The van der Waals surface area contributed by atoms with E-state index in [0.717, 1.165) is 0 Å². The van der Waals surface area contributed by atoms with E-state index in [1.54, 1.807) is 53.8 Å². The highest BCUT2D eigenvalue weighted by Crippen LogP contribution is 2.30. The van der Waals surface area contributed by atoms with Gasteiger partial charge >= 0.3 is 0 Å². The van der Waals surface area contributed by atoms with Crippen molar-refractivity contribution in [2.45, 2.75) is 6.10 Å². The normalized spacial score (nSPS) is 14.9. The van der Waals surface area contributed by atoms with Gasteiger partial charge in [0.2, 0.25) is 0 Å². The summed E-state index contributed by atoms with van der Waals surface area (Å²) in [5, 5.41) is 13.3. The Labute approximate surface area is 229 Å². The van der Waals surface area contributed by atoms with Gasteiger partial charge in [0.15, 0.2) is 23.0 Å². The number of benzene rings is 2. The molecule has 0 radical (unpaired) electrons. The number of nitrogens with one attached hydrogen (secondary N) is 1. The number of rotatable bonds is 8. The number of β-amino-alcohol motifs (C(OH)–C–C–N with tert-alkyl or cyclic N) is 1. The number of aliphatic hydroxyl groups is 1. The lowest BCUT2D eigenvalue weighted by Crippen LogP contribution is -2.51. The van der Waals surface area contributed by atoms with Crippen LogP contribution in [0.2, 0.25) is 5.02 Å². The Balaban J connectivity index is 1.31. The maximum Gasteiger partial charge on any atom is 0.255 e. The van der Waals surface area contributed by atoms with E-state index < -0.39 is 11.9 Å². The molecule has 4 aromatic rings. The second-order valence-corrected chi connectivity index (χ2v) is 9.67. The third-order valence-electron chi connectivity index (χ3n) is 6.74. The Hall–Kier alpha value is -3.77. The van der Waals surface area contributed by atoms with Crippen LogP contribution in [-0.2, 0) is 0 Å². The first-order chi connectivity index (χ1) is 18.9. The zero-order valence-corrected chi connectivity index (χ0v) is 22.1. The van der Waals surface area contributed by atoms with Crippen molar-refractivity contribution in [3.63, 3.8) is 0 Å². The molecule has 3 heterocycles. The van der Waals surface area contributed by atoms with Crippen molar-refractivity contribution in [3.05, 3.63) is 71.4 Å². The maximum atomic E-state index is 14.3. The van der Waals surface area contributed by atoms with Gasteiger partial charge < -0.3 is 25.8 Å². The summed E-state index contributed by atoms with van der Waals surface area (Å²) in [6.07, 6.45) is 4.44. The molecule has 1 saturated heterocycles. The third-order valence-corrected chi connectivity index (χ3v) is 7.05. The molecule has 0 spiro atoms. The number of aliphatic hydroxyl groups excluding tert-OH is 1. The number of halogens is 2. The van der Waals surface area contributed by atoms with E-state index in [4.69, 9.17) is 22.1 Å². The standard InChI is InChI=1S/C27H29ClFN7O3/c1-39-24-5-2-17(12-22(24)29)23-15-32-26-25(31-6-7-36(23)26)33-18-3-4-20(21(28)13-18)27(38)35-10-8-34(9-11-35)16-19(37)14-30/h2-7,12-13,15,19,37H,8-11,14,16,30H2,1H3,(H,31,33). The molecule has 10 nitrogen and oxygen atoms in total. The van der Waals surface area contributed by atoms with Crippen LogP contribution < -0.4 is 15.8 Å². The minimum absolute atomic E-state index is 0.143. The van der Waals surface area contributed by atoms with Crippen LogP contribution in [0.25, 0.3) is 16.9 Å². The van der Waals surface area contributed by atoms with Gasteiger partial charge in [-0.3, -0.25) is 14.1 Å². The molecule has 5 rings (SSSR count). The number of hydrogen-bond acceptors (Lipinski definition) is 8. The van der Waals surface area contributed by atoms with Crippen LogP contribution in [0.3, 0.4) is 0 Å². The monoisotopic (exact) mass is 553 g/mol. The number of methoxy groups -OCH3 is 1. The number of aromatic nitrogens is 3. The second kappa shape index (κ2) is 11.5. The molecule has 1 fully saturated rings. The van der Waals surface area contributed by atoms with Crippen LogP contribution in [0, 0.1) is 5.82 Å². The molecule has 1 aliphatic rings. The predicted molar refractivity (Wildman–Crippen MR) is 147 cm³/mol. The van der Waals surface area contributed by atoms with Crippen molar-refractivity contribution in [2.24, 2.45) is 5.73 Å². The van der Waals surface area contributed by atoms with Crippen LogP contribution in [0.1, 0.15) is 10.4 Å². The van der Waals surface area contributed by atoms with Gasteiger partial charge in [0.1, 0.15) is 0 Å². The number of carbonyl (C=O) groups excluding carboxylic acids is 1. The molecule has 1 atom stereocenters. The van der Waals surface area contributed by atoms with Crippen LogP contribution in [0.15, 0.2) is 55.0 Å². The van der Waals surface area contributed by atoms with Gasteiger partial charge in [0.25, 0.3) is 5.91 Å². The minimum Gasteiger partial charge on any atom is -0.494 e. The topological polar surface area (TPSA) is 121 Å². The molecular weight excluding hydrogens is 525 g/mol. The van der Waals surface area contributed by atoms with Crippen molar-refractivity contribution in [1.29, 1.82) is 0 Å². The summed E-state index contributed by atoms with van der Waals surface area (Å²) < 4.78 is 21.1. The van der Waals surface area contributed by atoms with Crippen LogP contribution in [0.4, 0.5) is 15.9 Å². The zero-order valence-electron chi connectivity index (χ0n) is 21.3. The molecule has 0 saturated carbocycles. The lowest BCUT2D eigenvalue weighted by Gasteiger charge is -2.35. The van der Waals surface area contributed by atoms with Gasteiger partial charge in [-0.1, -0.05) is 11.6 Å². The highest BCUT2D eigenvalue weighted by Gasteiger charge is 2.24. The molecule has 0 aliphatic carbocycles. The van der Waals surface area contributed by atoms with Crippen molar-refractivity contribution in [3.8, 4) is 17.0 Å². The van der Waals surface area contributed by atoms with E-state index in [-0.39, 0.29) is 18.2 Å². The first kappa shape index (κ1) is 26.8. The lowest BCUT2D eigenvalue weighted by molar-refractivity contribution is 0.0541. The Kier molecular flexibility index (Phi) is 7.94. The average Bonchev–Trinajstić information content (AvgIpc) is 3.38. The predicted octanol–water partition coefficient (Wildman–Crippen LogP) is 3.02. The quantitative estimate of drug-likeness (QED) is 0.304. The molecular formula is C27H29ClFN7O3. The van der Waals surface area contributed by atoms with Crippen molar-refractivity contribution in [1.82, 2.24) is 24.2 Å². The first-order valence-electron chi connectivity index (χ1n) is 12.5. The highest BCUT2D eigenvalue weighted by molar-refractivity contribution is 6.34. The lowest BCUT2D eigenvalue weighted by atomic mass is 10.1. The van der Waals surface area contributed by atoms with Gasteiger partial charge in [-0.25, -0.2) is 14.4 Å². The number of ether oxygens (including phenoxy) is 1. The summed E-state index contributed by atoms with van der Waals surface area (Å²) in [7, 11) is 1.42. The van der Waals surface area contributed by atoms with Gasteiger partial charge in [-0.15, -0.1) is 0 Å². The molecule has 1 unspecified atom stereocenters. The second-order valence-electron chi connectivity index (χ2n) is 9.26. The number of carbonyl (C=O) groups is 1. The fraction of sp³-hybridized carbons (Fsp3) is 0.296. The average molecular weight is 554 g/mol. The highest BCUT2D eigenvalue weighted by atomic mass is 35.5. The molecule has 1 aliphatic heterocycles. The molecule has 1 amide bonds. The van der Waals surface area contributed by atoms with Gasteiger partial charge in [0.05, 0.1) is 35.7 Å². The molecule has 39 heavy (non-hydrogen) atoms. The van der Waals surface area contributed by atoms with E-state index in [1.165, 1.54) is 13.2 Å². The molecule has 0 bridgehead atoms. The number of anilines is 2. The van der Waals surface area contributed by atoms with E-state index in [2.05, 4.69) is 20.2 Å². The Morgan fingerprint density at radius 2 is 2.00 bits per heavy atom. The first-order valence-corrected chi connectivity index (χ1v) is 12.9. The van der Waals surface area contributed by atoms with E-state index in [1.807, 2.05) is 4.40 Å². The molecule has 12 heteroatoms. The summed E-state index contributed by atoms with van der Waals surface area (Å²) in [6.45, 7) is 3.10. The van der Waals surface area contributed by atoms with E-state index in [9.17, 15) is 14.3 Å². The van der Waals surface area contributed by atoms with Gasteiger partial charge in [-0.2, -0.15) is 0 Å². The number of piperazine rings is 1. The molecule has 2 aromatic carbocycles. The minimum atomic E-state index is -0.568. The van der Waals surface area contributed by atoms with Gasteiger partial charge in [0, 0.05) is 62.9 Å². The summed E-state index contributed by atoms with van der Waals surface area (Å²) in [4.78, 5) is 25.9. The van der Waals surface area contributed by atoms with Crippen molar-refractivity contribution < 1.29 is 19.0 Å². The van der Waals surface area contributed by atoms with Crippen molar-refractivity contribution >= 4 is 34.7 Å². The smallest absolute Gasteiger partial charge is 0.255 e.